The Morgan fingerprint density at radius 2 is 2.29 bits per heavy atom. The van der Waals surface area contributed by atoms with E-state index in [0.29, 0.717) is 0 Å². The van der Waals surface area contributed by atoms with Crippen LogP contribution in [0, 0.1) is 5.92 Å². The second-order valence-electron chi connectivity index (χ2n) is 6.17. The summed E-state index contributed by atoms with van der Waals surface area (Å²) in [6.45, 7) is 7.42. The van der Waals surface area contributed by atoms with Crippen LogP contribution < -0.4 is 5.32 Å². The number of halogens is 1. The van der Waals surface area contributed by atoms with Crippen molar-refractivity contribution in [2.45, 2.75) is 26.3 Å². The molecule has 4 nitrogen and oxygen atoms in total. The van der Waals surface area contributed by atoms with Crippen LogP contribution in [0.1, 0.15) is 25.5 Å². The van der Waals surface area contributed by atoms with Gasteiger partial charge in [0.05, 0.1) is 10.7 Å². The highest BCUT2D eigenvalue weighted by molar-refractivity contribution is 6.31. The highest BCUT2D eigenvalue weighted by atomic mass is 35.5. The predicted octanol–water partition coefficient (Wildman–Crippen LogP) is 2.94. The largest absolute Gasteiger partial charge is 0.370 e. The van der Waals surface area contributed by atoms with Gasteiger partial charge in [-0.1, -0.05) is 18.5 Å². The molecule has 1 N–H and O–H groups in total. The number of hydrogen-bond donors (Lipinski definition) is 1. The normalized spacial score (nSPS) is 19.4. The molecule has 1 aliphatic rings. The standard InChI is InChI=1S/C16H27ClN4/c1-4-8-18-16-6-5-14(17)15(19-16)12-21(3)11-13-7-9-20(2)10-13/h5-6,13H,4,7-12H2,1-3H3,(H,18,19). The zero-order valence-corrected chi connectivity index (χ0v) is 14.2. The Kier molecular flexibility index (Phi) is 6.27. The zero-order chi connectivity index (χ0) is 15.2. The summed E-state index contributed by atoms with van der Waals surface area (Å²) < 4.78 is 0. The molecular weight excluding hydrogens is 284 g/mol. The van der Waals surface area contributed by atoms with Crippen LogP contribution in [0.25, 0.3) is 0 Å². The van der Waals surface area contributed by atoms with Gasteiger partial charge in [0.2, 0.25) is 0 Å². The molecule has 0 saturated carbocycles. The molecule has 0 spiro atoms. The predicted molar refractivity (Wildman–Crippen MR) is 90.0 cm³/mol. The Hall–Kier alpha value is -0.840. The number of anilines is 1. The molecule has 1 aliphatic heterocycles. The third kappa shape index (κ3) is 5.13. The van der Waals surface area contributed by atoms with E-state index in [2.05, 4.69) is 41.1 Å². The fourth-order valence-electron chi connectivity index (χ4n) is 2.88. The second-order valence-corrected chi connectivity index (χ2v) is 6.57. The summed E-state index contributed by atoms with van der Waals surface area (Å²) in [6.07, 6.45) is 2.38. The van der Waals surface area contributed by atoms with E-state index >= 15 is 0 Å². The molecule has 1 saturated heterocycles. The summed E-state index contributed by atoms with van der Waals surface area (Å²) in [4.78, 5) is 9.38. The first kappa shape index (κ1) is 16.5. The Morgan fingerprint density at radius 3 is 2.95 bits per heavy atom. The van der Waals surface area contributed by atoms with Gasteiger partial charge in [0.1, 0.15) is 5.82 Å². The number of nitrogens with one attached hydrogen (secondary N) is 1. The Labute approximate surface area is 133 Å². The van der Waals surface area contributed by atoms with E-state index in [-0.39, 0.29) is 0 Å². The van der Waals surface area contributed by atoms with Gasteiger partial charge in [0, 0.05) is 26.2 Å². The van der Waals surface area contributed by atoms with E-state index in [1.54, 1.807) is 0 Å². The first-order chi connectivity index (χ1) is 10.1. The molecule has 118 valence electrons. The molecule has 1 aromatic rings. The van der Waals surface area contributed by atoms with Crippen molar-refractivity contribution in [3.05, 3.63) is 22.8 Å². The molecule has 1 fully saturated rings. The average Bonchev–Trinajstić information content (AvgIpc) is 2.84. The van der Waals surface area contributed by atoms with Crippen molar-refractivity contribution in [2.75, 3.05) is 45.6 Å². The van der Waals surface area contributed by atoms with Crippen LogP contribution >= 0.6 is 11.6 Å². The summed E-state index contributed by atoms with van der Waals surface area (Å²) in [6, 6.07) is 3.90. The van der Waals surface area contributed by atoms with Crippen molar-refractivity contribution in [3.8, 4) is 0 Å². The van der Waals surface area contributed by atoms with Crippen molar-refractivity contribution in [1.29, 1.82) is 0 Å². The molecule has 21 heavy (non-hydrogen) atoms. The van der Waals surface area contributed by atoms with Gasteiger partial charge in [-0.2, -0.15) is 0 Å². The summed E-state index contributed by atoms with van der Waals surface area (Å²) in [5.41, 5.74) is 0.964. The van der Waals surface area contributed by atoms with Crippen molar-refractivity contribution in [1.82, 2.24) is 14.8 Å². The molecule has 2 heterocycles. The summed E-state index contributed by atoms with van der Waals surface area (Å²) >= 11 is 6.29. The van der Waals surface area contributed by atoms with Gasteiger partial charge in [-0.05, 0) is 51.5 Å². The van der Waals surface area contributed by atoms with Crippen molar-refractivity contribution >= 4 is 17.4 Å². The third-order valence-corrected chi connectivity index (χ3v) is 4.30. The molecular formula is C16H27ClN4. The monoisotopic (exact) mass is 310 g/mol. The van der Waals surface area contributed by atoms with E-state index < -0.39 is 0 Å². The number of rotatable bonds is 7. The smallest absolute Gasteiger partial charge is 0.126 e. The number of hydrogen-bond acceptors (Lipinski definition) is 4. The second kappa shape index (κ2) is 7.97. The highest BCUT2D eigenvalue weighted by Gasteiger charge is 2.21. The molecule has 0 amide bonds. The van der Waals surface area contributed by atoms with Crippen LogP contribution in [-0.2, 0) is 6.54 Å². The lowest BCUT2D eigenvalue weighted by atomic mass is 10.1. The molecule has 1 unspecified atom stereocenters. The van der Waals surface area contributed by atoms with Gasteiger partial charge in [0.25, 0.3) is 0 Å². The summed E-state index contributed by atoms with van der Waals surface area (Å²) in [7, 11) is 4.35. The van der Waals surface area contributed by atoms with Gasteiger partial charge in [0.15, 0.2) is 0 Å². The minimum absolute atomic E-state index is 0.757. The zero-order valence-electron chi connectivity index (χ0n) is 13.4. The van der Waals surface area contributed by atoms with Crippen molar-refractivity contribution in [3.63, 3.8) is 0 Å². The lowest BCUT2D eigenvalue weighted by Gasteiger charge is -2.21. The molecule has 1 atom stereocenters. The Balaban J connectivity index is 1.91. The van der Waals surface area contributed by atoms with E-state index in [1.165, 1.54) is 19.5 Å². The quantitative estimate of drug-likeness (QED) is 0.839. The SMILES string of the molecule is CCCNc1ccc(Cl)c(CN(C)CC2CCN(C)C2)n1. The number of nitrogens with zero attached hydrogens (tertiary/aromatic N) is 3. The van der Waals surface area contributed by atoms with E-state index in [0.717, 1.165) is 48.5 Å². The Bertz CT molecular complexity index is 452. The van der Waals surface area contributed by atoms with Gasteiger partial charge in [-0.15, -0.1) is 0 Å². The van der Waals surface area contributed by atoms with E-state index in [9.17, 15) is 0 Å². The minimum atomic E-state index is 0.757. The van der Waals surface area contributed by atoms with Crippen molar-refractivity contribution < 1.29 is 0 Å². The fraction of sp³-hybridized carbons (Fsp3) is 0.688. The van der Waals surface area contributed by atoms with Gasteiger partial charge < -0.3 is 15.1 Å². The van der Waals surface area contributed by atoms with Crippen LogP contribution in [0.4, 0.5) is 5.82 Å². The van der Waals surface area contributed by atoms with Crippen LogP contribution in [-0.4, -0.2) is 55.1 Å². The summed E-state index contributed by atoms with van der Waals surface area (Å²) in [5, 5.41) is 4.08. The highest BCUT2D eigenvalue weighted by Crippen LogP contribution is 2.20. The van der Waals surface area contributed by atoms with Gasteiger partial charge in [-0.25, -0.2) is 4.98 Å². The van der Waals surface area contributed by atoms with E-state index in [4.69, 9.17) is 11.6 Å². The lowest BCUT2D eigenvalue weighted by Crippen LogP contribution is -2.27. The van der Waals surface area contributed by atoms with Crippen LogP contribution in [0.15, 0.2) is 12.1 Å². The molecule has 0 aromatic carbocycles. The average molecular weight is 311 g/mol. The topological polar surface area (TPSA) is 31.4 Å². The number of aromatic nitrogens is 1. The Morgan fingerprint density at radius 1 is 1.48 bits per heavy atom. The van der Waals surface area contributed by atoms with E-state index in [1.807, 2.05) is 12.1 Å². The first-order valence-electron chi connectivity index (χ1n) is 7.85. The molecule has 0 aliphatic carbocycles. The van der Waals surface area contributed by atoms with Crippen LogP contribution in [0.5, 0.6) is 0 Å². The maximum atomic E-state index is 6.29. The third-order valence-electron chi connectivity index (χ3n) is 3.95. The van der Waals surface area contributed by atoms with Gasteiger partial charge >= 0.3 is 0 Å². The van der Waals surface area contributed by atoms with Crippen LogP contribution in [0.3, 0.4) is 0 Å². The number of likely N-dealkylation sites (tertiary alicyclic amines) is 1. The summed E-state index contributed by atoms with van der Waals surface area (Å²) in [5.74, 6) is 1.69. The first-order valence-corrected chi connectivity index (χ1v) is 8.22. The molecule has 5 heteroatoms. The minimum Gasteiger partial charge on any atom is -0.370 e. The molecule has 2 rings (SSSR count). The van der Waals surface area contributed by atoms with Gasteiger partial charge in [-0.3, -0.25) is 0 Å². The number of pyridine rings is 1. The van der Waals surface area contributed by atoms with Crippen LogP contribution in [0.2, 0.25) is 5.02 Å². The molecule has 0 radical (unpaired) electrons. The maximum Gasteiger partial charge on any atom is 0.126 e. The maximum absolute atomic E-state index is 6.29. The molecule has 1 aromatic heterocycles. The molecule has 0 bridgehead atoms. The lowest BCUT2D eigenvalue weighted by molar-refractivity contribution is 0.265. The van der Waals surface area contributed by atoms with Crippen molar-refractivity contribution in [2.24, 2.45) is 5.92 Å². The fourth-order valence-corrected chi connectivity index (χ4v) is 3.05.